The third-order valence-corrected chi connectivity index (χ3v) is 2.47. The lowest BCUT2D eigenvalue weighted by Crippen LogP contribution is -2.45. The number of urea groups is 1. The van der Waals surface area contributed by atoms with Crippen molar-refractivity contribution >= 4 is 12.0 Å². The van der Waals surface area contributed by atoms with Crippen molar-refractivity contribution < 1.29 is 27.9 Å². The summed E-state index contributed by atoms with van der Waals surface area (Å²) < 4.78 is 36.1. The standard InChI is InChI=1S/C10H13F3N2O3/c1-15(5-10(11,12)13)9(18)14-7-3-2-6(4-7)8(16)17/h2-3,6-7H,4-5H2,1H3,(H,14,18)(H,16,17). The van der Waals surface area contributed by atoms with Gasteiger partial charge in [-0.1, -0.05) is 12.2 Å². The van der Waals surface area contributed by atoms with Crippen molar-refractivity contribution in [1.29, 1.82) is 0 Å². The molecule has 18 heavy (non-hydrogen) atoms. The van der Waals surface area contributed by atoms with Crippen LogP contribution < -0.4 is 5.32 Å². The van der Waals surface area contributed by atoms with Gasteiger partial charge in [-0.3, -0.25) is 4.79 Å². The molecular weight excluding hydrogens is 253 g/mol. The normalized spacial score (nSPS) is 22.9. The molecule has 0 aromatic rings. The lowest BCUT2D eigenvalue weighted by molar-refractivity contribution is -0.140. The summed E-state index contributed by atoms with van der Waals surface area (Å²) >= 11 is 0. The number of halogens is 3. The second-order valence-corrected chi connectivity index (χ2v) is 4.09. The number of hydrogen-bond donors (Lipinski definition) is 2. The molecule has 0 heterocycles. The molecule has 0 radical (unpaired) electrons. The van der Waals surface area contributed by atoms with Crippen molar-refractivity contribution in [3.8, 4) is 0 Å². The van der Waals surface area contributed by atoms with Crippen molar-refractivity contribution in [2.75, 3.05) is 13.6 Å². The molecule has 0 bridgehead atoms. The van der Waals surface area contributed by atoms with Gasteiger partial charge >= 0.3 is 18.2 Å². The Bertz CT molecular complexity index is 368. The van der Waals surface area contributed by atoms with Crippen LogP contribution in [0.2, 0.25) is 0 Å². The van der Waals surface area contributed by atoms with Gasteiger partial charge in [-0.25, -0.2) is 4.79 Å². The van der Waals surface area contributed by atoms with E-state index in [2.05, 4.69) is 5.32 Å². The third-order valence-electron chi connectivity index (χ3n) is 2.47. The Morgan fingerprint density at radius 2 is 2.06 bits per heavy atom. The fraction of sp³-hybridized carbons (Fsp3) is 0.600. The highest BCUT2D eigenvalue weighted by atomic mass is 19.4. The monoisotopic (exact) mass is 266 g/mol. The van der Waals surface area contributed by atoms with E-state index >= 15 is 0 Å². The summed E-state index contributed by atoms with van der Waals surface area (Å²) in [5, 5.41) is 11.0. The molecule has 0 aromatic carbocycles. The first kappa shape index (κ1) is 14.3. The number of carboxylic acid groups (broad SMARTS) is 1. The average molecular weight is 266 g/mol. The molecule has 5 nitrogen and oxygen atoms in total. The third kappa shape index (κ3) is 4.27. The Hall–Kier alpha value is -1.73. The van der Waals surface area contributed by atoms with Crippen LogP contribution in [0.1, 0.15) is 6.42 Å². The van der Waals surface area contributed by atoms with Crippen molar-refractivity contribution in [2.24, 2.45) is 5.92 Å². The van der Waals surface area contributed by atoms with Gasteiger partial charge in [-0.15, -0.1) is 0 Å². The molecule has 102 valence electrons. The van der Waals surface area contributed by atoms with Crippen LogP contribution in [-0.4, -0.2) is 47.8 Å². The van der Waals surface area contributed by atoms with E-state index in [0.29, 0.717) is 4.90 Å². The summed E-state index contributed by atoms with van der Waals surface area (Å²) in [7, 11) is 1.02. The zero-order valence-electron chi connectivity index (χ0n) is 9.57. The Labute approximate surface area is 101 Å². The highest BCUT2D eigenvalue weighted by Crippen LogP contribution is 2.19. The molecule has 0 aromatic heterocycles. The molecule has 1 rings (SSSR count). The number of hydrogen-bond acceptors (Lipinski definition) is 2. The molecule has 2 atom stereocenters. The van der Waals surface area contributed by atoms with E-state index in [0.717, 1.165) is 7.05 Å². The van der Waals surface area contributed by atoms with Crippen LogP contribution >= 0.6 is 0 Å². The molecule has 0 saturated carbocycles. The van der Waals surface area contributed by atoms with E-state index in [9.17, 15) is 22.8 Å². The highest BCUT2D eigenvalue weighted by molar-refractivity contribution is 5.76. The zero-order valence-corrected chi connectivity index (χ0v) is 9.57. The number of carbonyl (C=O) groups is 2. The van der Waals surface area contributed by atoms with E-state index in [1.165, 1.54) is 12.2 Å². The Balaban J connectivity index is 2.43. The molecule has 2 amide bonds. The van der Waals surface area contributed by atoms with Crippen LogP contribution in [0.15, 0.2) is 12.2 Å². The molecule has 2 N–H and O–H groups in total. The minimum atomic E-state index is -4.46. The minimum Gasteiger partial charge on any atom is -0.481 e. The molecule has 0 aliphatic heterocycles. The van der Waals surface area contributed by atoms with Gasteiger partial charge in [0.25, 0.3) is 0 Å². The van der Waals surface area contributed by atoms with Crippen LogP contribution in [0.4, 0.5) is 18.0 Å². The predicted octanol–water partition coefficient (Wildman–Crippen LogP) is 1.22. The molecular formula is C10H13F3N2O3. The van der Waals surface area contributed by atoms with Crippen LogP contribution in [-0.2, 0) is 4.79 Å². The van der Waals surface area contributed by atoms with Gasteiger partial charge in [0, 0.05) is 7.05 Å². The maximum absolute atomic E-state index is 12.0. The van der Waals surface area contributed by atoms with Gasteiger partial charge in [-0.05, 0) is 6.42 Å². The van der Waals surface area contributed by atoms with E-state index in [-0.39, 0.29) is 6.42 Å². The minimum absolute atomic E-state index is 0.154. The summed E-state index contributed by atoms with van der Waals surface area (Å²) in [6.45, 7) is -1.35. The fourth-order valence-corrected chi connectivity index (χ4v) is 1.60. The Morgan fingerprint density at radius 1 is 1.44 bits per heavy atom. The largest absolute Gasteiger partial charge is 0.481 e. The summed E-state index contributed by atoms with van der Waals surface area (Å²) in [6, 6.07) is -1.43. The molecule has 8 heteroatoms. The lowest BCUT2D eigenvalue weighted by Gasteiger charge is -2.21. The Kier molecular flexibility index (Phi) is 4.20. The van der Waals surface area contributed by atoms with E-state index < -0.39 is 36.7 Å². The summed E-state index contributed by atoms with van der Waals surface area (Å²) in [4.78, 5) is 22.5. The van der Waals surface area contributed by atoms with Crippen LogP contribution in [0.25, 0.3) is 0 Å². The second kappa shape index (κ2) is 5.28. The van der Waals surface area contributed by atoms with E-state index in [1.807, 2.05) is 0 Å². The number of amides is 2. The molecule has 0 fully saturated rings. The summed E-state index contributed by atoms with van der Waals surface area (Å²) in [5.74, 6) is -1.73. The van der Waals surface area contributed by atoms with Gasteiger partial charge in [-0.2, -0.15) is 13.2 Å². The van der Waals surface area contributed by atoms with Crippen LogP contribution in [0.3, 0.4) is 0 Å². The number of alkyl halides is 3. The van der Waals surface area contributed by atoms with E-state index in [4.69, 9.17) is 5.11 Å². The van der Waals surface area contributed by atoms with Crippen molar-refractivity contribution in [3.63, 3.8) is 0 Å². The number of nitrogens with zero attached hydrogens (tertiary/aromatic N) is 1. The first-order valence-corrected chi connectivity index (χ1v) is 5.18. The van der Waals surface area contributed by atoms with Gasteiger partial charge in [0.05, 0.1) is 12.0 Å². The number of carboxylic acids is 1. The second-order valence-electron chi connectivity index (χ2n) is 4.09. The van der Waals surface area contributed by atoms with Crippen LogP contribution in [0, 0.1) is 5.92 Å². The summed E-state index contributed by atoms with van der Waals surface area (Å²) in [6.07, 6.45) is -1.42. The molecule has 0 saturated heterocycles. The highest BCUT2D eigenvalue weighted by Gasteiger charge is 2.32. The van der Waals surface area contributed by atoms with Crippen molar-refractivity contribution in [2.45, 2.75) is 18.6 Å². The molecule has 0 spiro atoms. The molecule has 1 aliphatic rings. The average Bonchev–Trinajstić information content (AvgIpc) is 2.63. The lowest BCUT2D eigenvalue weighted by atomic mass is 10.1. The molecule has 2 unspecified atom stereocenters. The van der Waals surface area contributed by atoms with Crippen molar-refractivity contribution in [3.05, 3.63) is 12.2 Å². The maximum Gasteiger partial charge on any atom is 0.406 e. The smallest absolute Gasteiger partial charge is 0.406 e. The van der Waals surface area contributed by atoms with Gasteiger partial charge in [0.15, 0.2) is 0 Å². The maximum atomic E-state index is 12.0. The first-order valence-electron chi connectivity index (χ1n) is 5.18. The number of aliphatic carboxylic acids is 1. The van der Waals surface area contributed by atoms with Gasteiger partial charge < -0.3 is 15.3 Å². The fourth-order valence-electron chi connectivity index (χ4n) is 1.60. The summed E-state index contributed by atoms with van der Waals surface area (Å²) in [5.41, 5.74) is 0. The Morgan fingerprint density at radius 3 is 2.50 bits per heavy atom. The van der Waals surface area contributed by atoms with Crippen molar-refractivity contribution in [1.82, 2.24) is 10.2 Å². The van der Waals surface area contributed by atoms with Gasteiger partial charge in [0.2, 0.25) is 0 Å². The zero-order chi connectivity index (χ0) is 13.9. The van der Waals surface area contributed by atoms with E-state index in [1.54, 1.807) is 0 Å². The van der Waals surface area contributed by atoms with Gasteiger partial charge in [0.1, 0.15) is 6.54 Å². The quantitative estimate of drug-likeness (QED) is 0.754. The number of carbonyl (C=O) groups excluding carboxylic acids is 1. The predicted molar refractivity (Wildman–Crippen MR) is 55.9 cm³/mol. The van der Waals surface area contributed by atoms with Crippen LogP contribution in [0.5, 0.6) is 0 Å². The SMILES string of the molecule is CN(CC(F)(F)F)C(=O)NC1C=CC(C(=O)O)C1. The first-order chi connectivity index (χ1) is 8.19. The number of rotatable bonds is 3. The molecule has 1 aliphatic carbocycles. The topological polar surface area (TPSA) is 69.6 Å². The number of nitrogens with one attached hydrogen (secondary N) is 1.